The minimum atomic E-state index is -0.0294. The first kappa shape index (κ1) is 26.2. The molecule has 0 spiro atoms. The van der Waals surface area contributed by atoms with Gasteiger partial charge < -0.3 is 19.7 Å². The van der Waals surface area contributed by atoms with E-state index in [4.69, 9.17) is 9.47 Å². The molecule has 2 aromatic carbocycles. The molecule has 2 aromatic rings. The average molecular weight is 441 g/mol. The molecule has 4 nitrogen and oxygen atoms in total. The van der Waals surface area contributed by atoms with Gasteiger partial charge in [-0.25, -0.2) is 0 Å². The monoisotopic (exact) mass is 440 g/mol. The first-order valence-electron chi connectivity index (χ1n) is 11.9. The third-order valence-corrected chi connectivity index (χ3v) is 6.09. The molecule has 0 unspecified atom stereocenters. The van der Waals surface area contributed by atoms with Crippen LogP contribution in [0.15, 0.2) is 42.5 Å². The lowest BCUT2D eigenvalue weighted by atomic mass is 9.77. The Hall–Kier alpha value is -2.04. The highest BCUT2D eigenvalue weighted by Crippen LogP contribution is 2.35. The Morgan fingerprint density at radius 1 is 0.875 bits per heavy atom. The second-order valence-electron chi connectivity index (χ2n) is 10.4. The van der Waals surface area contributed by atoms with Crippen molar-refractivity contribution in [1.29, 1.82) is 0 Å². The Labute approximate surface area is 196 Å². The third kappa shape index (κ3) is 7.83. The summed E-state index contributed by atoms with van der Waals surface area (Å²) in [6, 6.07) is 15.3. The quantitative estimate of drug-likeness (QED) is 0.446. The predicted octanol–water partition coefficient (Wildman–Crippen LogP) is 5.43. The molecule has 0 saturated heterocycles. The zero-order valence-corrected chi connectivity index (χ0v) is 21.5. The molecule has 0 aliphatic rings. The van der Waals surface area contributed by atoms with E-state index >= 15 is 0 Å². The van der Waals surface area contributed by atoms with E-state index in [-0.39, 0.29) is 10.8 Å². The molecule has 0 amide bonds. The van der Waals surface area contributed by atoms with Gasteiger partial charge in [0, 0.05) is 13.1 Å². The molecule has 2 rings (SSSR count). The van der Waals surface area contributed by atoms with E-state index in [2.05, 4.69) is 101 Å². The van der Waals surface area contributed by atoms with Crippen molar-refractivity contribution in [3.8, 4) is 11.5 Å². The predicted molar refractivity (Wildman–Crippen MR) is 136 cm³/mol. The molecular weight excluding hydrogens is 396 g/mol. The second-order valence-corrected chi connectivity index (χ2v) is 10.4. The molecule has 0 aliphatic heterocycles. The fourth-order valence-electron chi connectivity index (χ4n) is 3.65. The maximum Gasteiger partial charge on any atom is 0.122 e. The van der Waals surface area contributed by atoms with E-state index < -0.39 is 0 Å². The van der Waals surface area contributed by atoms with Crippen molar-refractivity contribution < 1.29 is 9.47 Å². The Bertz CT molecular complexity index is 822. The Balaban J connectivity index is 2.22. The summed E-state index contributed by atoms with van der Waals surface area (Å²) in [6.45, 7) is 17.7. The van der Waals surface area contributed by atoms with Crippen molar-refractivity contribution in [1.82, 2.24) is 10.2 Å². The first-order chi connectivity index (χ1) is 15.1. The lowest BCUT2D eigenvalue weighted by Gasteiger charge is -2.28. The molecule has 0 heterocycles. The van der Waals surface area contributed by atoms with Gasteiger partial charge in [-0.05, 0) is 72.8 Å². The highest BCUT2D eigenvalue weighted by molar-refractivity contribution is 5.42. The van der Waals surface area contributed by atoms with Gasteiger partial charge in [0.1, 0.15) is 24.7 Å². The van der Waals surface area contributed by atoms with E-state index in [9.17, 15) is 0 Å². The van der Waals surface area contributed by atoms with E-state index in [0.29, 0.717) is 13.2 Å². The number of likely N-dealkylation sites (N-methyl/N-ethyl adjacent to an activating group) is 2. The largest absolute Gasteiger partial charge is 0.492 e. The van der Waals surface area contributed by atoms with Crippen LogP contribution in [0.2, 0.25) is 0 Å². The van der Waals surface area contributed by atoms with Crippen molar-refractivity contribution in [3.63, 3.8) is 0 Å². The zero-order valence-electron chi connectivity index (χ0n) is 21.5. The topological polar surface area (TPSA) is 33.7 Å². The summed E-state index contributed by atoms with van der Waals surface area (Å²) >= 11 is 0. The molecule has 0 saturated carbocycles. The SMILES string of the molecule is CCN(C)CCOc1ccc(C(C)(C)C)cc1CC(C)(C)c1ccc(OCCNC)cc1. The molecule has 178 valence electrons. The molecule has 1 N–H and O–H groups in total. The number of hydrogen-bond acceptors (Lipinski definition) is 4. The second kappa shape index (κ2) is 11.7. The van der Waals surface area contributed by atoms with Crippen LogP contribution in [-0.4, -0.2) is 51.8 Å². The van der Waals surface area contributed by atoms with Gasteiger partial charge in [0.05, 0.1) is 0 Å². The standard InChI is InChI=1S/C28H44N2O2/c1-9-30(8)17-19-32-26-15-12-24(27(2,3)4)20-22(26)21-28(5,6)23-10-13-25(14-11-23)31-18-16-29-7/h10-15,20,29H,9,16-19,21H2,1-8H3. The Morgan fingerprint density at radius 2 is 1.53 bits per heavy atom. The maximum atomic E-state index is 6.27. The highest BCUT2D eigenvalue weighted by atomic mass is 16.5. The highest BCUT2D eigenvalue weighted by Gasteiger charge is 2.25. The first-order valence-corrected chi connectivity index (χ1v) is 11.9. The van der Waals surface area contributed by atoms with Gasteiger partial charge in [0.15, 0.2) is 0 Å². The smallest absolute Gasteiger partial charge is 0.122 e. The van der Waals surface area contributed by atoms with Crippen LogP contribution in [0.4, 0.5) is 0 Å². The summed E-state index contributed by atoms with van der Waals surface area (Å²) in [7, 11) is 4.06. The van der Waals surface area contributed by atoms with Crippen molar-refractivity contribution in [3.05, 3.63) is 59.2 Å². The Kier molecular flexibility index (Phi) is 9.60. The van der Waals surface area contributed by atoms with Crippen molar-refractivity contribution in [2.24, 2.45) is 0 Å². The molecule has 0 atom stereocenters. The fourth-order valence-corrected chi connectivity index (χ4v) is 3.65. The van der Waals surface area contributed by atoms with E-state index in [1.165, 1.54) is 16.7 Å². The molecule has 0 radical (unpaired) electrons. The lowest BCUT2D eigenvalue weighted by molar-refractivity contribution is 0.241. The molecular formula is C28H44N2O2. The van der Waals surface area contributed by atoms with Crippen molar-refractivity contribution in [2.75, 3.05) is 46.9 Å². The van der Waals surface area contributed by atoms with Gasteiger partial charge in [0.2, 0.25) is 0 Å². The van der Waals surface area contributed by atoms with Crippen LogP contribution in [0.3, 0.4) is 0 Å². The Morgan fingerprint density at radius 3 is 2.12 bits per heavy atom. The number of hydrogen-bond donors (Lipinski definition) is 1. The minimum Gasteiger partial charge on any atom is -0.492 e. The van der Waals surface area contributed by atoms with Crippen LogP contribution in [0.5, 0.6) is 11.5 Å². The summed E-state index contributed by atoms with van der Waals surface area (Å²) < 4.78 is 12.1. The van der Waals surface area contributed by atoms with Crippen LogP contribution in [0.25, 0.3) is 0 Å². The average Bonchev–Trinajstić information content (AvgIpc) is 2.74. The van der Waals surface area contributed by atoms with Crippen LogP contribution in [0.1, 0.15) is 58.2 Å². The lowest BCUT2D eigenvalue weighted by Crippen LogP contribution is -2.25. The fraction of sp³-hybridized carbons (Fsp3) is 0.571. The summed E-state index contributed by atoms with van der Waals surface area (Å²) in [4.78, 5) is 2.27. The molecule has 0 bridgehead atoms. The summed E-state index contributed by atoms with van der Waals surface area (Å²) in [6.07, 6.45) is 0.913. The van der Waals surface area contributed by atoms with Crippen LogP contribution >= 0.6 is 0 Å². The molecule has 4 heteroatoms. The number of nitrogens with one attached hydrogen (secondary N) is 1. The van der Waals surface area contributed by atoms with Gasteiger partial charge >= 0.3 is 0 Å². The zero-order chi connectivity index (χ0) is 23.8. The van der Waals surface area contributed by atoms with Gasteiger partial charge in [-0.15, -0.1) is 0 Å². The molecule has 0 aliphatic carbocycles. The maximum absolute atomic E-state index is 6.27. The van der Waals surface area contributed by atoms with Crippen LogP contribution in [0, 0.1) is 0 Å². The summed E-state index contributed by atoms with van der Waals surface area (Å²) in [5, 5.41) is 3.11. The number of rotatable bonds is 12. The molecule has 32 heavy (non-hydrogen) atoms. The van der Waals surface area contributed by atoms with E-state index in [0.717, 1.165) is 37.6 Å². The third-order valence-electron chi connectivity index (χ3n) is 6.09. The number of nitrogens with zero attached hydrogens (tertiary/aromatic N) is 1. The van der Waals surface area contributed by atoms with E-state index in [1.807, 2.05) is 7.05 Å². The van der Waals surface area contributed by atoms with Gasteiger partial charge in [0.25, 0.3) is 0 Å². The molecule has 0 fully saturated rings. The van der Waals surface area contributed by atoms with Crippen molar-refractivity contribution in [2.45, 2.75) is 58.8 Å². The normalized spacial score (nSPS) is 12.3. The number of ether oxygens (including phenoxy) is 2. The van der Waals surface area contributed by atoms with Gasteiger partial charge in [-0.2, -0.15) is 0 Å². The number of benzene rings is 2. The van der Waals surface area contributed by atoms with Gasteiger partial charge in [-0.3, -0.25) is 0 Å². The summed E-state index contributed by atoms with van der Waals surface area (Å²) in [5.41, 5.74) is 3.99. The van der Waals surface area contributed by atoms with Gasteiger partial charge in [-0.1, -0.05) is 65.8 Å². The molecule has 0 aromatic heterocycles. The van der Waals surface area contributed by atoms with Crippen molar-refractivity contribution >= 4 is 0 Å². The van der Waals surface area contributed by atoms with Crippen LogP contribution in [-0.2, 0) is 17.3 Å². The minimum absolute atomic E-state index is 0.0294. The summed E-state index contributed by atoms with van der Waals surface area (Å²) in [5.74, 6) is 1.92. The van der Waals surface area contributed by atoms with Crippen LogP contribution < -0.4 is 14.8 Å². The van der Waals surface area contributed by atoms with E-state index in [1.54, 1.807) is 0 Å².